The predicted molar refractivity (Wildman–Crippen MR) is 80.0 cm³/mol. The SMILES string of the molecule is CCC1CCC(N(C)c2c(C)cccc2N)CC1. The molecule has 1 saturated carbocycles. The Kier molecular flexibility index (Phi) is 4.15. The second kappa shape index (κ2) is 5.64. The molecule has 0 atom stereocenters. The van der Waals surface area contributed by atoms with Gasteiger partial charge in [-0.05, 0) is 50.2 Å². The van der Waals surface area contributed by atoms with Gasteiger partial charge in [-0.1, -0.05) is 25.5 Å². The van der Waals surface area contributed by atoms with E-state index in [9.17, 15) is 0 Å². The molecule has 1 aliphatic carbocycles. The number of hydrogen-bond acceptors (Lipinski definition) is 2. The van der Waals surface area contributed by atoms with E-state index in [1.54, 1.807) is 0 Å². The molecule has 1 aliphatic rings. The van der Waals surface area contributed by atoms with Crippen LogP contribution in [0, 0.1) is 12.8 Å². The number of nitrogen functional groups attached to an aromatic ring is 1. The first-order valence-corrected chi connectivity index (χ1v) is 7.21. The highest BCUT2D eigenvalue weighted by atomic mass is 15.1. The van der Waals surface area contributed by atoms with Gasteiger partial charge in [-0.15, -0.1) is 0 Å². The summed E-state index contributed by atoms with van der Waals surface area (Å²) in [5.74, 6) is 0.948. The van der Waals surface area contributed by atoms with Gasteiger partial charge in [-0.25, -0.2) is 0 Å². The first-order valence-electron chi connectivity index (χ1n) is 7.21. The second-order valence-electron chi connectivity index (χ2n) is 5.71. The molecule has 0 bridgehead atoms. The third-order valence-electron chi connectivity index (χ3n) is 4.56. The smallest absolute Gasteiger partial charge is 0.0629 e. The zero-order chi connectivity index (χ0) is 13.1. The summed E-state index contributed by atoms with van der Waals surface area (Å²) in [4.78, 5) is 2.41. The van der Waals surface area contributed by atoms with Crippen molar-refractivity contribution in [3.05, 3.63) is 23.8 Å². The van der Waals surface area contributed by atoms with Crippen molar-refractivity contribution in [2.24, 2.45) is 5.92 Å². The maximum Gasteiger partial charge on any atom is 0.0629 e. The lowest BCUT2D eigenvalue weighted by molar-refractivity contribution is 0.313. The minimum atomic E-state index is 0.663. The minimum absolute atomic E-state index is 0.663. The maximum atomic E-state index is 6.14. The van der Waals surface area contributed by atoms with Crippen LogP contribution in [0.1, 0.15) is 44.6 Å². The Labute approximate surface area is 111 Å². The lowest BCUT2D eigenvalue weighted by atomic mass is 9.84. The van der Waals surface area contributed by atoms with Gasteiger partial charge < -0.3 is 10.6 Å². The molecule has 0 unspecified atom stereocenters. The molecule has 2 nitrogen and oxygen atoms in total. The average Bonchev–Trinajstić information content (AvgIpc) is 2.38. The summed E-state index contributed by atoms with van der Waals surface area (Å²) in [6.45, 7) is 4.47. The number of nitrogens with zero attached hydrogens (tertiary/aromatic N) is 1. The van der Waals surface area contributed by atoms with Crippen molar-refractivity contribution >= 4 is 11.4 Å². The van der Waals surface area contributed by atoms with E-state index >= 15 is 0 Å². The summed E-state index contributed by atoms with van der Waals surface area (Å²) in [5.41, 5.74) is 9.57. The molecule has 1 aromatic carbocycles. The first-order chi connectivity index (χ1) is 8.63. The summed E-state index contributed by atoms with van der Waals surface area (Å²) >= 11 is 0. The number of benzene rings is 1. The topological polar surface area (TPSA) is 29.3 Å². The molecular formula is C16H26N2. The van der Waals surface area contributed by atoms with Gasteiger partial charge in [0.25, 0.3) is 0 Å². The van der Waals surface area contributed by atoms with Gasteiger partial charge >= 0.3 is 0 Å². The van der Waals surface area contributed by atoms with Crippen molar-refractivity contribution in [1.82, 2.24) is 0 Å². The molecule has 2 rings (SSSR count). The van der Waals surface area contributed by atoms with Crippen LogP contribution in [0.5, 0.6) is 0 Å². The summed E-state index contributed by atoms with van der Waals surface area (Å²) < 4.78 is 0. The lowest BCUT2D eigenvalue weighted by Crippen LogP contribution is -2.36. The minimum Gasteiger partial charge on any atom is -0.397 e. The van der Waals surface area contributed by atoms with Crippen LogP contribution >= 0.6 is 0 Å². The molecule has 1 fully saturated rings. The molecule has 0 heterocycles. The molecule has 0 aromatic heterocycles. The monoisotopic (exact) mass is 246 g/mol. The highest BCUT2D eigenvalue weighted by molar-refractivity contribution is 5.71. The van der Waals surface area contributed by atoms with Crippen LogP contribution in [0.25, 0.3) is 0 Å². The largest absolute Gasteiger partial charge is 0.397 e. The normalized spacial score (nSPS) is 23.9. The molecule has 1 aromatic rings. The lowest BCUT2D eigenvalue weighted by Gasteiger charge is -2.37. The summed E-state index contributed by atoms with van der Waals surface area (Å²) in [6, 6.07) is 6.86. The van der Waals surface area contributed by atoms with E-state index in [0.29, 0.717) is 6.04 Å². The molecule has 0 amide bonds. The highest BCUT2D eigenvalue weighted by Crippen LogP contribution is 2.34. The molecular weight excluding hydrogens is 220 g/mol. The van der Waals surface area contributed by atoms with Crippen LogP contribution in [-0.4, -0.2) is 13.1 Å². The highest BCUT2D eigenvalue weighted by Gasteiger charge is 2.24. The molecule has 100 valence electrons. The average molecular weight is 246 g/mol. The van der Waals surface area contributed by atoms with Crippen molar-refractivity contribution in [1.29, 1.82) is 0 Å². The fourth-order valence-corrected chi connectivity index (χ4v) is 3.29. The van der Waals surface area contributed by atoms with Crippen molar-refractivity contribution in [2.75, 3.05) is 17.7 Å². The number of nitrogens with two attached hydrogens (primary N) is 1. The third-order valence-corrected chi connectivity index (χ3v) is 4.56. The Balaban J connectivity index is 2.10. The Hall–Kier alpha value is -1.18. The van der Waals surface area contributed by atoms with Gasteiger partial charge in [0.2, 0.25) is 0 Å². The van der Waals surface area contributed by atoms with Gasteiger partial charge in [-0.2, -0.15) is 0 Å². The van der Waals surface area contributed by atoms with Crippen molar-refractivity contribution < 1.29 is 0 Å². The van der Waals surface area contributed by atoms with Crippen LogP contribution < -0.4 is 10.6 Å². The molecule has 2 heteroatoms. The van der Waals surface area contributed by atoms with Crippen molar-refractivity contribution in [2.45, 2.75) is 52.0 Å². The van der Waals surface area contributed by atoms with Crippen LogP contribution in [0.15, 0.2) is 18.2 Å². The van der Waals surface area contributed by atoms with Gasteiger partial charge in [0, 0.05) is 13.1 Å². The van der Waals surface area contributed by atoms with E-state index in [1.807, 2.05) is 12.1 Å². The van der Waals surface area contributed by atoms with E-state index in [4.69, 9.17) is 5.73 Å². The van der Waals surface area contributed by atoms with E-state index in [0.717, 1.165) is 11.6 Å². The molecule has 0 saturated heterocycles. The van der Waals surface area contributed by atoms with E-state index in [1.165, 1.54) is 43.4 Å². The van der Waals surface area contributed by atoms with Gasteiger partial charge in [0.1, 0.15) is 0 Å². The second-order valence-corrected chi connectivity index (χ2v) is 5.71. The number of hydrogen-bond donors (Lipinski definition) is 1. The maximum absolute atomic E-state index is 6.14. The van der Waals surface area contributed by atoms with Crippen LogP contribution in [0.3, 0.4) is 0 Å². The standard InChI is InChI=1S/C16H26N2/c1-4-13-8-10-14(11-9-13)18(3)16-12(2)6-5-7-15(16)17/h5-7,13-14H,4,8-11,17H2,1-3H3. The molecule has 0 radical (unpaired) electrons. The summed E-state index contributed by atoms with van der Waals surface area (Å²) in [6.07, 6.45) is 6.70. The predicted octanol–water partition coefficient (Wildman–Crippen LogP) is 3.98. The Morgan fingerprint density at radius 1 is 1.22 bits per heavy atom. The number of aryl methyl sites for hydroxylation is 1. The molecule has 0 aliphatic heterocycles. The quantitative estimate of drug-likeness (QED) is 0.817. The molecule has 0 spiro atoms. The van der Waals surface area contributed by atoms with E-state index in [2.05, 4.69) is 31.9 Å². The number of para-hydroxylation sites is 1. The zero-order valence-electron chi connectivity index (χ0n) is 11.9. The molecule has 18 heavy (non-hydrogen) atoms. The van der Waals surface area contributed by atoms with Crippen LogP contribution in [-0.2, 0) is 0 Å². The summed E-state index contributed by atoms with van der Waals surface area (Å²) in [7, 11) is 2.20. The summed E-state index contributed by atoms with van der Waals surface area (Å²) in [5, 5.41) is 0. The number of rotatable bonds is 3. The molecule has 2 N–H and O–H groups in total. The van der Waals surface area contributed by atoms with Crippen molar-refractivity contribution in [3.63, 3.8) is 0 Å². The number of anilines is 2. The fraction of sp³-hybridized carbons (Fsp3) is 0.625. The van der Waals surface area contributed by atoms with Gasteiger partial charge in [-0.3, -0.25) is 0 Å². The van der Waals surface area contributed by atoms with E-state index < -0.39 is 0 Å². The Bertz CT molecular complexity index is 372. The van der Waals surface area contributed by atoms with Gasteiger partial charge in [0.15, 0.2) is 0 Å². The van der Waals surface area contributed by atoms with Gasteiger partial charge in [0.05, 0.1) is 11.4 Å². The van der Waals surface area contributed by atoms with Crippen LogP contribution in [0.2, 0.25) is 0 Å². The Morgan fingerprint density at radius 3 is 2.44 bits per heavy atom. The van der Waals surface area contributed by atoms with Crippen molar-refractivity contribution in [3.8, 4) is 0 Å². The van der Waals surface area contributed by atoms with Crippen LogP contribution in [0.4, 0.5) is 11.4 Å². The van der Waals surface area contributed by atoms with E-state index in [-0.39, 0.29) is 0 Å². The first kappa shape index (κ1) is 13.3. The fourth-order valence-electron chi connectivity index (χ4n) is 3.29. The Morgan fingerprint density at radius 2 is 1.89 bits per heavy atom. The third kappa shape index (κ3) is 2.63. The zero-order valence-corrected chi connectivity index (χ0v) is 11.9.